The molecule has 4 aromatic rings. The van der Waals surface area contributed by atoms with Crippen molar-refractivity contribution in [1.82, 2.24) is 0 Å². The van der Waals surface area contributed by atoms with Gasteiger partial charge in [0, 0.05) is 5.56 Å². The van der Waals surface area contributed by atoms with E-state index in [2.05, 4.69) is 0 Å². The summed E-state index contributed by atoms with van der Waals surface area (Å²) in [5, 5.41) is 0. The minimum Gasteiger partial charge on any atom is -0.483 e. The smallest absolute Gasteiger partial charge is 0.191 e. The lowest BCUT2D eigenvalue weighted by Crippen LogP contribution is -2.11. The maximum atomic E-state index is 15.7. The van der Waals surface area contributed by atoms with E-state index in [0.29, 0.717) is 35.3 Å². The number of fused-ring (bicyclic) bond motifs is 1. The van der Waals surface area contributed by atoms with Gasteiger partial charge in [-0.05, 0) is 76.6 Å². The normalized spacial score (nSPS) is 12.9. The van der Waals surface area contributed by atoms with Gasteiger partial charge in [-0.3, -0.25) is 0 Å². The van der Waals surface area contributed by atoms with Crippen molar-refractivity contribution in [3.63, 3.8) is 0 Å². The highest BCUT2D eigenvalue weighted by Gasteiger charge is 2.28. The molecule has 0 saturated heterocycles. The molecule has 0 saturated carbocycles. The van der Waals surface area contributed by atoms with Gasteiger partial charge in [0.2, 0.25) is 0 Å². The third kappa shape index (κ3) is 4.72. The molecule has 1 aliphatic carbocycles. The quantitative estimate of drug-likeness (QED) is 0.199. The number of ether oxygens (including phenoxy) is 1. The second-order valence-corrected chi connectivity index (χ2v) is 8.44. The molecular formula is C30H23F3O3. The molecule has 0 aliphatic heterocycles. The van der Waals surface area contributed by atoms with Crippen LogP contribution in [0.2, 0.25) is 0 Å². The average molecular weight is 489 g/mol. The molecule has 0 spiro atoms. The van der Waals surface area contributed by atoms with E-state index in [4.69, 9.17) is 14.5 Å². The highest BCUT2D eigenvalue weighted by molar-refractivity contribution is 6.01. The lowest BCUT2D eigenvalue weighted by molar-refractivity contribution is -0.178. The Balaban J connectivity index is 1.61. The van der Waals surface area contributed by atoms with E-state index in [9.17, 15) is 4.39 Å². The zero-order valence-corrected chi connectivity index (χ0v) is 19.6. The first kappa shape index (κ1) is 23.7. The highest BCUT2D eigenvalue weighted by atomic mass is 19.1. The Bertz CT molecular complexity index is 1400. The second-order valence-electron chi connectivity index (χ2n) is 8.44. The fraction of sp³-hybridized carbons (Fsp3) is 0.133. The predicted molar refractivity (Wildman–Crippen MR) is 132 cm³/mol. The lowest BCUT2D eigenvalue weighted by atomic mass is 9.79. The van der Waals surface area contributed by atoms with Crippen molar-refractivity contribution in [2.75, 3.05) is 7.11 Å². The molecule has 0 atom stereocenters. The third-order valence-corrected chi connectivity index (χ3v) is 6.21. The number of benzene rings is 4. The Hall–Kier alpha value is -4.03. The summed E-state index contributed by atoms with van der Waals surface area (Å²) in [4.78, 5) is 9.78. The molecule has 1 aliphatic rings. The zero-order chi connectivity index (χ0) is 25.1. The van der Waals surface area contributed by atoms with Crippen LogP contribution in [0.1, 0.15) is 34.2 Å². The summed E-state index contributed by atoms with van der Waals surface area (Å²) in [6.07, 6.45) is 0.842. The number of hydrogen-bond donors (Lipinski definition) is 0. The molecule has 36 heavy (non-hydrogen) atoms. The Labute approximate surface area is 207 Å². The van der Waals surface area contributed by atoms with Gasteiger partial charge in [0.25, 0.3) is 0 Å². The number of allylic oxidation sites excluding steroid dienone is 1. The Morgan fingerprint density at radius 2 is 1.47 bits per heavy atom. The molecular weight excluding hydrogens is 465 g/mol. The first-order valence-corrected chi connectivity index (χ1v) is 11.5. The molecule has 0 fully saturated rings. The van der Waals surface area contributed by atoms with E-state index in [1.807, 2.05) is 30.3 Å². The maximum absolute atomic E-state index is 15.7. The van der Waals surface area contributed by atoms with Crippen molar-refractivity contribution >= 4 is 11.1 Å². The Kier molecular flexibility index (Phi) is 6.78. The number of halogens is 3. The van der Waals surface area contributed by atoms with Gasteiger partial charge in [0.05, 0.1) is 7.11 Å². The fourth-order valence-electron chi connectivity index (χ4n) is 4.55. The molecule has 0 radical (unpaired) electrons. The molecule has 182 valence electrons. The summed E-state index contributed by atoms with van der Waals surface area (Å²) in [7, 11) is 1.41. The molecule has 0 amide bonds. The fourth-order valence-corrected chi connectivity index (χ4v) is 4.55. The summed E-state index contributed by atoms with van der Waals surface area (Å²) < 4.78 is 50.2. The molecule has 0 aromatic heterocycles. The zero-order valence-electron chi connectivity index (χ0n) is 19.6. The van der Waals surface area contributed by atoms with Crippen LogP contribution < -0.4 is 9.62 Å². The van der Waals surface area contributed by atoms with Gasteiger partial charge in [-0.25, -0.2) is 13.2 Å². The van der Waals surface area contributed by atoms with E-state index in [1.165, 1.54) is 25.3 Å². The van der Waals surface area contributed by atoms with Crippen molar-refractivity contribution in [3.8, 4) is 11.5 Å². The SMILES string of the molecule is COOc1ccc(C2=C(c3ccc(F)cc3)CCc3c2cc(F)c(OCc2ccccc2)c3F)cc1. The number of rotatable bonds is 7. The van der Waals surface area contributed by atoms with Crippen molar-refractivity contribution in [3.05, 3.63) is 130 Å². The minimum absolute atomic E-state index is 0.0535. The van der Waals surface area contributed by atoms with E-state index in [-0.39, 0.29) is 18.2 Å². The van der Waals surface area contributed by atoms with E-state index >= 15 is 8.78 Å². The molecule has 4 aromatic carbocycles. The van der Waals surface area contributed by atoms with Crippen LogP contribution in [0.4, 0.5) is 13.2 Å². The van der Waals surface area contributed by atoms with Crippen LogP contribution in [0.15, 0.2) is 84.9 Å². The molecule has 3 nitrogen and oxygen atoms in total. The van der Waals surface area contributed by atoms with Crippen molar-refractivity contribution in [2.24, 2.45) is 0 Å². The standard InChI is InChI=1S/C30H23F3O3/c1-34-36-23-13-9-21(10-14-23)28-24(20-7-11-22(31)12-8-20)15-16-25-26(28)17-27(32)30(29(25)33)35-18-19-5-3-2-4-6-19/h2-14,17H,15-16,18H2,1H3. The maximum Gasteiger partial charge on any atom is 0.191 e. The average Bonchev–Trinajstić information content (AvgIpc) is 2.90. The van der Waals surface area contributed by atoms with Crippen LogP contribution in [0.25, 0.3) is 11.1 Å². The van der Waals surface area contributed by atoms with E-state index in [1.54, 1.807) is 36.4 Å². The third-order valence-electron chi connectivity index (χ3n) is 6.21. The van der Waals surface area contributed by atoms with Crippen LogP contribution in [0.3, 0.4) is 0 Å². The molecule has 5 rings (SSSR count). The molecule has 0 N–H and O–H groups in total. The van der Waals surface area contributed by atoms with Crippen LogP contribution in [-0.4, -0.2) is 7.11 Å². The Morgan fingerprint density at radius 3 is 2.17 bits per heavy atom. The van der Waals surface area contributed by atoms with E-state index in [0.717, 1.165) is 22.3 Å². The monoisotopic (exact) mass is 488 g/mol. The molecule has 6 heteroatoms. The predicted octanol–water partition coefficient (Wildman–Crippen LogP) is 7.53. The van der Waals surface area contributed by atoms with Crippen LogP contribution >= 0.6 is 0 Å². The Morgan fingerprint density at radius 1 is 0.778 bits per heavy atom. The van der Waals surface area contributed by atoms with Gasteiger partial charge in [-0.1, -0.05) is 54.6 Å². The van der Waals surface area contributed by atoms with Crippen LogP contribution in [0, 0.1) is 17.5 Å². The van der Waals surface area contributed by atoms with E-state index < -0.39 is 11.6 Å². The van der Waals surface area contributed by atoms with Crippen LogP contribution in [-0.2, 0) is 17.9 Å². The summed E-state index contributed by atoms with van der Waals surface area (Å²) in [6.45, 7) is 0.0535. The summed E-state index contributed by atoms with van der Waals surface area (Å²) in [6, 6.07) is 23.7. The first-order valence-electron chi connectivity index (χ1n) is 11.5. The summed E-state index contributed by atoms with van der Waals surface area (Å²) in [5.41, 5.74) is 4.74. The van der Waals surface area contributed by atoms with Crippen molar-refractivity contribution in [1.29, 1.82) is 0 Å². The van der Waals surface area contributed by atoms with Crippen LogP contribution in [0.5, 0.6) is 11.5 Å². The molecule has 0 bridgehead atoms. The van der Waals surface area contributed by atoms with Crippen molar-refractivity contribution in [2.45, 2.75) is 19.4 Å². The minimum atomic E-state index is -0.778. The largest absolute Gasteiger partial charge is 0.483 e. The summed E-state index contributed by atoms with van der Waals surface area (Å²) >= 11 is 0. The summed E-state index contributed by atoms with van der Waals surface area (Å²) in [5.74, 6) is -1.72. The van der Waals surface area contributed by atoms with Gasteiger partial charge in [0.15, 0.2) is 23.1 Å². The second kappa shape index (κ2) is 10.3. The van der Waals surface area contributed by atoms with Gasteiger partial charge in [0.1, 0.15) is 12.4 Å². The first-order chi connectivity index (χ1) is 17.5. The topological polar surface area (TPSA) is 27.7 Å². The van der Waals surface area contributed by atoms with Crippen molar-refractivity contribution < 1.29 is 27.7 Å². The lowest BCUT2D eigenvalue weighted by Gasteiger charge is -2.26. The van der Waals surface area contributed by atoms with Gasteiger partial charge < -0.3 is 9.62 Å². The van der Waals surface area contributed by atoms with Gasteiger partial charge in [-0.15, -0.1) is 0 Å². The van der Waals surface area contributed by atoms with Gasteiger partial charge >= 0.3 is 0 Å². The van der Waals surface area contributed by atoms with Gasteiger partial charge in [-0.2, -0.15) is 4.89 Å². The highest BCUT2D eigenvalue weighted by Crippen LogP contribution is 2.44. The number of hydrogen-bond acceptors (Lipinski definition) is 3. The molecule has 0 heterocycles. The molecule has 0 unspecified atom stereocenters.